The molecule has 0 spiro atoms. The second kappa shape index (κ2) is 7.60. The van der Waals surface area contributed by atoms with Crippen LogP contribution >= 0.6 is 0 Å². The van der Waals surface area contributed by atoms with Gasteiger partial charge < -0.3 is 9.88 Å². The number of para-hydroxylation sites is 2. The Labute approximate surface area is 128 Å². The molecular weight excluding hydrogens is 258 g/mol. The maximum Gasteiger partial charge on any atom is 0.109 e. The summed E-state index contributed by atoms with van der Waals surface area (Å²) >= 11 is 0. The highest BCUT2D eigenvalue weighted by molar-refractivity contribution is 5.75. The van der Waals surface area contributed by atoms with Crippen LogP contribution in [-0.2, 0) is 13.0 Å². The van der Waals surface area contributed by atoms with E-state index < -0.39 is 0 Å². The van der Waals surface area contributed by atoms with Gasteiger partial charge in [0.05, 0.1) is 11.0 Å². The van der Waals surface area contributed by atoms with E-state index in [0.29, 0.717) is 6.04 Å². The second-order valence-electron chi connectivity index (χ2n) is 6.35. The van der Waals surface area contributed by atoms with Gasteiger partial charge in [-0.3, -0.25) is 0 Å². The molecular formula is C18H29N3. The van der Waals surface area contributed by atoms with E-state index in [0.717, 1.165) is 30.9 Å². The number of benzene rings is 1. The van der Waals surface area contributed by atoms with E-state index in [-0.39, 0.29) is 0 Å². The lowest BCUT2D eigenvalue weighted by Crippen LogP contribution is -2.30. The molecule has 0 amide bonds. The molecule has 0 aliphatic carbocycles. The number of fused-ring (bicyclic) bond motifs is 1. The summed E-state index contributed by atoms with van der Waals surface area (Å²) in [5.41, 5.74) is 2.37. The molecule has 0 radical (unpaired) electrons. The van der Waals surface area contributed by atoms with Crippen molar-refractivity contribution >= 4 is 11.0 Å². The van der Waals surface area contributed by atoms with Crippen molar-refractivity contribution in [3.63, 3.8) is 0 Å². The molecule has 0 saturated heterocycles. The van der Waals surface area contributed by atoms with Gasteiger partial charge in [-0.05, 0) is 37.8 Å². The third kappa shape index (κ3) is 4.31. The van der Waals surface area contributed by atoms with E-state index >= 15 is 0 Å². The van der Waals surface area contributed by atoms with E-state index in [4.69, 9.17) is 4.98 Å². The summed E-state index contributed by atoms with van der Waals surface area (Å²) in [4.78, 5) is 4.72. The van der Waals surface area contributed by atoms with Crippen molar-refractivity contribution in [1.82, 2.24) is 14.9 Å². The van der Waals surface area contributed by atoms with Gasteiger partial charge in [0, 0.05) is 25.6 Å². The molecule has 3 nitrogen and oxygen atoms in total. The van der Waals surface area contributed by atoms with Crippen LogP contribution in [0, 0.1) is 5.92 Å². The number of nitrogens with one attached hydrogen (secondary N) is 1. The fourth-order valence-corrected chi connectivity index (χ4v) is 2.75. The second-order valence-corrected chi connectivity index (χ2v) is 6.35. The molecule has 0 bridgehead atoms. The predicted molar refractivity (Wildman–Crippen MR) is 90.6 cm³/mol. The number of hydrogen-bond acceptors (Lipinski definition) is 2. The van der Waals surface area contributed by atoms with Crippen LogP contribution in [0.1, 0.15) is 46.4 Å². The van der Waals surface area contributed by atoms with E-state index in [1.54, 1.807) is 0 Å². The quantitative estimate of drug-likeness (QED) is 0.795. The Morgan fingerprint density at radius 1 is 1.14 bits per heavy atom. The van der Waals surface area contributed by atoms with Crippen molar-refractivity contribution in [1.29, 1.82) is 0 Å². The van der Waals surface area contributed by atoms with Gasteiger partial charge in [0.15, 0.2) is 0 Å². The number of imidazole rings is 1. The van der Waals surface area contributed by atoms with Crippen molar-refractivity contribution in [2.75, 3.05) is 6.54 Å². The highest BCUT2D eigenvalue weighted by Crippen LogP contribution is 2.16. The number of aromatic nitrogens is 2. The highest BCUT2D eigenvalue weighted by atomic mass is 15.1. The molecule has 1 N–H and O–H groups in total. The SMILES string of the molecule is CCc1nc2ccccc2n1CCNC(C)CCC(C)C. The number of aryl methyl sites for hydroxylation is 1. The summed E-state index contributed by atoms with van der Waals surface area (Å²) in [6.07, 6.45) is 3.53. The van der Waals surface area contributed by atoms with E-state index in [1.807, 2.05) is 0 Å². The lowest BCUT2D eigenvalue weighted by molar-refractivity contribution is 0.441. The molecule has 21 heavy (non-hydrogen) atoms. The smallest absolute Gasteiger partial charge is 0.109 e. The van der Waals surface area contributed by atoms with Crippen LogP contribution in [0.2, 0.25) is 0 Å². The Morgan fingerprint density at radius 2 is 1.90 bits per heavy atom. The maximum absolute atomic E-state index is 4.72. The van der Waals surface area contributed by atoms with Crippen molar-refractivity contribution in [3.8, 4) is 0 Å². The lowest BCUT2D eigenvalue weighted by Gasteiger charge is -2.16. The Hall–Kier alpha value is -1.35. The van der Waals surface area contributed by atoms with E-state index in [9.17, 15) is 0 Å². The molecule has 0 saturated carbocycles. The van der Waals surface area contributed by atoms with Gasteiger partial charge in [-0.15, -0.1) is 0 Å². The van der Waals surface area contributed by atoms with Crippen LogP contribution in [0.25, 0.3) is 11.0 Å². The highest BCUT2D eigenvalue weighted by Gasteiger charge is 2.09. The Balaban J connectivity index is 1.94. The minimum absolute atomic E-state index is 0.590. The maximum atomic E-state index is 4.72. The van der Waals surface area contributed by atoms with Crippen LogP contribution in [0.4, 0.5) is 0 Å². The topological polar surface area (TPSA) is 29.9 Å². The van der Waals surface area contributed by atoms with Gasteiger partial charge in [-0.1, -0.05) is 32.9 Å². The minimum atomic E-state index is 0.590. The normalized spacial score (nSPS) is 13.2. The van der Waals surface area contributed by atoms with Crippen molar-refractivity contribution in [2.45, 2.75) is 59.5 Å². The lowest BCUT2D eigenvalue weighted by atomic mass is 10.0. The molecule has 3 heteroatoms. The zero-order chi connectivity index (χ0) is 15.2. The van der Waals surface area contributed by atoms with Crippen LogP contribution in [-0.4, -0.2) is 22.1 Å². The average Bonchev–Trinajstić information content (AvgIpc) is 2.83. The molecule has 116 valence electrons. The van der Waals surface area contributed by atoms with Gasteiger partial charge in [-0.2, -0.15) is 0 Å². The third-order valence-electron chi connectivity index (χ3n) is 4.06. The van der Waals surface area contributed by atoms with E-state index in [2.05, 4.69) is 61.8 Å². The molecule has 0 aliphatic rings. The molecule has 0 aliphatic heterocycles. The van der Waals surface area contributed by atoms with Gasteiger partial charge in [0.2, 0.25) is 0 Å². The fourth-order valence-electron chi connectivity index (χ4n) is 2.75. The van der Waals surface area contributed by atoms with Crippen molar-refractivity contribution < 1.29 is 0 Å². The number of nitrogens with zero attached hydrogens (tertiary/aromatic N) is 2. The van der Waals surface area contributed by atoms with Crippen molar-refractivity contribution in [3.05, 3.63) is 30.1 Å². The van der Waals surface area contributed by atoms with Crippen LogP contribution in [0.3, 0.4) is 0 Å². The molecule has 1 aromatic carbocycles. The fraction of sp³-hybridized carbons (Fsp3) is 0.611. The largest absolute Gasteiger partial charge is 0.327 e. The summed E-state index contributed by atoms with van der Waals surface area (Å²) in [6, 6.07) is 9.02. The molecule has 1 aromatic heterocycles. The first-order valence-electron chi connectivity index (χ1n) is 8.29. The Bertz CT molecular complexity index is 557. The molecule has 1 heterocycles. The summed E-state index contributed by atoms with van der Waals surface area (Å²) in [7, 11) is 0. The summed E-state index contributed by atoms with van der Waals surface area (Å²) < 4.78 is 2.36. The van der Waals surface area contributed by atoms with Crippen LogP contribution < -0.4 is 5.32 Å². The Kier molecular flexibility index (Phi) is 5.80. The van der Waals surface area contributed by atoms with Crippen LogP contribution in [0.5, 0.6) is 0 Å². The van der Waals surface area contributed by atoms with Gasteiger partial charge in [0.1, 0.15) is 5.82 Å². The van der Waals surface area contributed by atoms with Gasteiger partial charge in [-0.25, -0.2) is 4.98 Å². The molecule has 2 rings (SSSR count). The summed E-state index contributed by atoms with van der Waals surface area (Å²) in [5.74, 6) is 1.98. The molecule has 2 aromatic rings. The number of hydrogen-bond donors (Lipinski definition) is 1. The van der Waals surface area contributed by atoms with Gasteiger partial charge >= 0.3 is 0 Å². The third-order valence-corrected chi connectivity index (χ3v) is 4.06. The van der Waals surface area contributed by atoms with Crippen molar-refractivity contribution in [2.24, 2.45) is 5.92 Å². The average molecular weight is 287 g/mol. The predicted octanol–water partition coefficient (Wildman–Crippen LogP) is 4.01. The monoisotopic (exact) mass is 287 g/mol. The van der Waals surface area contributed by atoms with E-state index in [1.165, 1.54) is 24.2 Å². The van der Waals surface area contributed by atoms with Gasteiger partial charge in [0.25, 0.3) is 0 Å². The number of rotatable bonds is 8. The molecule has 1 unspecified atom stereocenters. The summed E-state index contributed by atoms with van der Waals surface area (Å²) in [5, 5.41) is 3.64. The standard InChI is InChI=1S/C18H29N3/c1-5-18-20-16-8-6-7-9-17(16)21(18)13-12-19-15(4)11-10-14(2)3/h6-9,14-15,19H,5,10-13H2,1-4H3. The van der Waals surface area contributed by atoms with Crippen LogP contribution in [0.15, 0.2) is 24.3 Å². The minimum Gasteiger partial charge on any atom is -0.327 e. The first-order chi connectivity index (χ1) is 10.1. The Morgan fingerprint density at radius 3 is 2.62 bits per heavy atom. The zero-order valence-electron chi connectivity index (χ0n) is 13.9. The zero-order valence-corrected chi connectivity index (χ0v) is 13.9. The molecule has 1 atom stereocenters. The summed E-state index contributed by atoms with van der Waals surface area (Å²) in [6.45, 7) is 11.0. The first kappa shape index (κ1) is 16.0. The molecule has 0 fully saturated rings. The first-order valence-corrected chi connectivity index (χ1v) is 8.29.